The zero-order chi connectivity index (χ0) is 29.0. The SMILES string of the molecule is c1ccc(-c2cccc(-c3c4ccccc4c(-c4cccc5c4ccc4cc6ccccc6cc45)c4ccccc34)c2)cc1. The van der Waals surface area contributed by atoms with Crippen LogP contribution in [0.4, 0.5) is 0 Å². The molecular weight excluding hydrogens is 528 g/mol. The predicted octanol–water partition coefficient (Wildman–Crippen LogP) is 12.5. The van der Waals surface area contributed by atoms with Crippen LogP contribution in [0.15, 0.2) is 170 Å². The van der Waals surface area contributed by atoms with Crippen LogP contribution in [0, 0.1) is 0 Å². The van der Waals surface area contributed by atoms with Crippen molar-refractivity contribution >= 4 is 53.9 Å². The van der Waals surface area contributed by atoms with Gasteiger partial charge in [-0.25, -0.2) is 0 Å². The van der Waals surface area contributed by atoms with E-state index >= 15 is 0 Å². The lowest BCUT2D eigenvalue weighted by Crippen LogP contribution is -1.92. The Morgan fingerprint density at radius 3 is 1.50 bits per heavy atom. The molecule has 9 aromatic carbocycles. The molecular formula is C44H28. The second-order valence-electron chi connectivity index (χ2n) is 11.7. The largest absolute Gasteiger partial charge is 0.0622 e. The second-order valence-corrected chi connectivity index (χ2v) is 11.7. The van der Waals surface area contributed by atoms with Gasteiger partial charge < -0.3 is 0 Å². The van der Waals surface area contributed by atoms with Crippen LogP contribution in [0.1, 0.15) is 0 Å². The summed E-state index contributed by atoms with van der Waals surface area (Å²) in [5.41, 5.74) is 7.56. The Labute approximate surface area is 256 Å². The highest BCUT2D eigenvalue weighted by Crippen LogP contribution is 2.46. The highest BCUT2D eigenvalue weighted by molar-refractivity contribution is 6.25. The molecule has 9 rings (SSSR count). The molecule has 9 aromatic rings. The van der Waals surface area contributed by atoms with E-state index in [4.69, 9.17) is 0 Å². The molecule has 204 valence electrons. The summed E-state index contributed by atoms with van der Waals surface area (Å²) in [6.45, 7) is 0. The third-order valence-corrected chi connectivity index (χ3v) is 9.20. The summed E-state index contributed by atoms with van der Waals surface area (Å²) in [5.74, 6) is 0. The Morgan fingerprint density at radius 1 is 0.227 bits per heavy atom. The quantitative estimate of drug-likeness (QED) is 0.150. The third kappa shape index (κ3) is 3.85. The fraction of sp³-hybridized carbons (Fsp3) is 0. The number of fused-ring (bicyclic) bond motifs is 6. The molecule has 0 heteroatoms. The van der Waals surface area contributed by atoms with Crippen molar-refractivity contribution in [2.24, 2.45) is 0 Å². The summed E-state index contributed by atoms with van der Waals surface area (Å²) in [7, 11) is 0. The van der Waals surface area contributed by atoms with E-state index in [1.165, 1.54) is 87.2 Å². The van der Waals surface area contributed by atoms with Crippen LogP contribution >= 0.6 is 0 Å². The summed E-state index contributed by atoms with van der Waals surface area (Å²) in [5, 5.41) is 12.8. The molecule has 0 nitrogen and oxygen atoms in total. The van der Waals surface area contributed by atoms with Crippen molar-refractivity contribution in [1.29, 1.82) is 0 Å². The van der Waals surface area contributed by atoms with Crippen LogP contribution in [0.5, 0.6) is 0 Å². The Bertz CT molecular complexity index is 2480. The van der Waals surface area contributed by atoms with Gasteiger partial charge in [-0.05, 0) is 105 Å². The highest BCUT2D eigenvalue weighted by Gasteiger charge is 2.18. The summed E-state index contributed by atoms with van der Waals surface area (Å²) in [4.78, 5) is 0. The molecule has 0 aliphatic carbocycles. The van der Waals surface area contributed by atoms with Gasteiger partial charge >= 0.3 is 0 Å². The molecule has 0 atom stereocenters. The van der Waals surface area contributed by atoms with Crippen LogP contribution in [0.25, 0.3) is 87.2 Å². The monoisotopic (exact) mass is 556 g/mol. The van der Waals surface area contributed by atoms with E-state index in [-0.39, 0.29) is 0 Å². The molecule has 0 unspecified atom stereocenters. The molecule has 0 saturated carbocycles. The molecule has 0 heterocycles. The van der Waals surface area contributed by atoms with E-state index in [2.05, 4.69) is 170 Å². The van der Waals surface area contributed by atoms with E-state index in [9.17, 15) is 0 Å². The fourth-order valence-electron chi connectivity index (χ4n) is 7.21. The van der Waals surface area contributed by atoms with E-state index < -0.39 is 0 Å². The summed E-state index contributed by atoms with van der Waals surface area (Å²) in [6.07, 6.45) is 0. The van der Waals surface area contributed by atoms with E-state index in [1.807, 2.05) is 0 Å². The predicted molar refractivity (Wildman–Crippen MR) is 190 cm³/mol. The molecule has 0 radical (unpaired) electrons. The average molecular weight is 557 g/mol. The first kappa shape index (κ1) is 24.8. The second kappa shape index (κ2) is 9.93. The molecule has 0 amide bonds. The van der Waals surface area contributed by atoms with Gasteiger partial charge in [-0.2, -0.15) is 0 Å². The van der Waals surface area contributed by atoms with Gasteiger partial charge in [-0.3, -0.25) is 0 Å². The molecule has 0 bridgehead atoms. The zero-order valence-corrected chi connectivity index (χ0v) is 24.2. The highest BCUT2D eigenvalue weighted by atomic mass is 14.2. The minimum Gasteiger partial charge on any atom is -0.0622 e. The topological polar surface area (TPSA) is 0 Å². The third-order valence-electron chi connectivity index (χ3n) is 9.20. The first-order valence-electron chi connectivity index (χ1n) is 15.3. The average Bonchev–Trinajstić information content (AvgIpc) is 3.10. The van der Waals surface area contributed by atoms with E-state index in [1.54, 1.807) is 0 Å². The van der Waals surface area contributed by atoms with Gasteiger partial charge in [0.2, 0.25) is 0 Å². The van der Waals surface area contributed by atoms with Gasteiger partial charge in [0.25, 0.3) is 0 Å². The van der Waals surface area contributed by atoms with Gasteiger partial charge in [0.1, 0.15) is 0 Å². The molecule has 0 aromatic heterocycles. The normalized spacial score (nSPS) is 11.6. The lowest BCUT2D eigenvalue weighted by molar-refractivity contribution is 1.61. The lowest BCUT2D eigenvalue weighted by Gasteiger charge is -2.19. The minimum atomic E-state index is 1.23. The van der Waals surface area contributed by atoms with Crippen molar-refractivity contribution in [2.45, 2.75) is 0 Å². The Hall–Kier alpha value is -5.72. The number of hydrogen-bond donors (Lipinski definition) is 0. The molecule has 0 fully saturated rings. The van der Waals surface area contributed by atoms with Crippen LogP contribution < -0.4 is 0 Å². The van der Waals surface area contributed by atoms with Gasteiger partial charge in [-0.15, -0.1) is 0 Å². The first-order chi connectivity index (χ1) is 21.8. The lowest BCUT2D eigenvalue weighted by atomic mass is 9.84. The molecule has 0 N–H and O–H groups in total. The van der Waals surface area contributed by atoms with E-state index in [0.717, 1.165) is 0 Å². The zero-order valence-electron chi connectivity index (χ0n) is 24.2. The maximum absolute atomic E-state index is 2.36. The number of rotatable bonds is 3. The van der Waals surface area contributed by atoms with Crippen molar-refractivity contribution < 1.29 is 0 Å². The van der Waals surface area contributed by atoms with Gasteiger partial charge in [0, 0.05) is 0 Å². The van der Waals surface area contributed by atoms with Crippen LogP contribution in [-0.2, 0) is 0 Å². The van der Waals surface area contributed by atoms with Crippen molar-refractivity contribution in [3.63, 3.8) is 0 Å². The Balaban J connectivity index is 1.36. The van der Waals surface area contributed by atoms with Crippen LogP contribution in [0.2, 0.25) is 0 Å². The Morgan fingerprint density at radius 2 is 0.773 bits per heavy atom. The molecule has 0 spiro atoms. The molecule has 0 aliphatic rings. The summed E-state index contributed by atoms with van der Waals surface area (Å²) in [6, 6.07) is 62.3. The number of hydrogen-bond acceptors (Lipinski definition) is 0. The van der Waals surface area contributed by atoms with Crippen molar-refractivity contribution in [3.8, 4) is 33.4 Å². The maximum atomic E-state index is 2.36. The van der Waals surface area contributed by atoms with Crippen LogP contribution in [-0.4, -0.2) is 0 Å². The van der Waals surface area contributed by atoms with Crippen molar-refractivity contribution in [2.75, 3.05) is 0 Å². The summed E-state index contributed by atoms with van der Waals surface area (Å²) >= 11 is 0. The maximum Gasteiger partial charge on any atom is -0.00201 e. The van der Waals surface area contributed by atoms with Crippen LogP contribution in [0.3, 0.4) is 0 Å². The van der Waals surface area contributed by atoms with Crippen molar-refractivity contribution in [1.82, 2.24) is 0 Å². The molecule has 0 aliphatic heterocycles. The first-order valence-corrected chi connectivity index (χ1v) is 15.3. The fourth-order valence-corrected chi connectivity index (χ4v) is 7.21. The van der Waals surface area contributed by atoms with Gasteiger partial charge in [-0.1, -0.05) is 152 Å². The van der Waals surface area contributed by atoms with Gasteiger partial charge in [0.15, 0.2) is 0 Å². The number of benzene rings is 9. The Kier molecular flexibility index (Phi) is 5.61. The molecule has 44 heavy (non-hydrogen) atoms. The molecule has 0 saturated heterocycles. The minimum absolute atomic E-state index is 1.23. The van der Waals surface area contributed by atoms with Crippen molar-refractivity contribution in [3.05, 3.63) is 170 Å². The smallest absolute Gasteiger partial charge is 0.00201 e. The standard InChI is InChI=1S/C44H28/c1-2-12-29(13-3-1)30-16-10-17-34(27-30)43-38-18-6-8-20-40(38)44(41-21-9-7-19-39(41)43)37-23-11-22-35-36(37)25-24-33-26-31-14-4-5-15-32(31)28-42(33)35/h1-28H. The summed E-state index contributed by atoms with van der Waals surface area (Å²) < 4.78 is 0. The van der Waals surface area contributed by atoms with E-state index in [0.29, 0.717) is 0 Å². The van der Waals surface area contributed by atoms with Gasteiger partial charge in [0.05, 0.1) is 0 Å².